The number of thioether (sulfide) groups is 1. The van der Waals surface area contributed by atoms with Crippen LogP contribution in [0.25, 0.3) is 0 Å². The molecule has 0 rings (SSSR count). The molecule has 0 aromatic heterocycles. The van der Waals surface area contributed by atoms with Crippen LogP contribution in [0.5, 0.6) is 0 Å². The van der Waals surface area contributed by atoms with Crippen molar-refractivity contribution in [2.24, 2.45) is 5.41 Å². The molecule has 0 saturated heterocycles. The normalized spacial score (nSPS) is 14.6. The van der Waals surface area contributed by atoms with Gasteiger partial charge in [-0.05, 0) is 18.1 Å². The second kappa shape index (κ2) is 7.62. The van der Waals surface area contributed by atoms with E-state index in [9.17, 15) is 14.7 Å². The summed E-state index contributed by atoms with van der Waals surface area (Å²) < 4.78 is 0. The summed E-state index contributed by atoms with van der Waals surface area (Å²) in [5, 5.41) is 11.8. The Bertz CT molecular complexity index is 316. The van der Waals surface area contributed by atoms with Gasteiger partial charge in [0.1, 0.15) is 6.04 Å². The Morgan fingerprint density at radius 2 is 1.89 bits per heavy atom. The maximum Gasteiger partial charge on any atom is 0.326 e. The Kier molecular flexibility index (Phi) is 7.26. The van der Waals surface area contributed by atoms with Crippen LogP contribution in [0.15, 0.2) is 0 Å². The minimum absolute atomic E-state index is 0.115. The number of carboxylic acids is 1. The number of rotatable bonds is 6. The molecule has 0 bridgehead atoms. The van der Waals surface area contributed by atoms with Crippen LogP contribution < -0.4 is 5.32 Å². The summed E-state index contributed by atoms with van der Waals surface area (Å²) in [7, 11) is 1.71. The van der Waals surface area contributed by atoms with E-state index in [1.54, 1.807) is 44.5 Å². The summed E-state index contributed by atoms with van der Waals surface area (Å²) in [6.07, 6.45) is 2.83. The molecular formula is C13H26N2O3S. The molecule has 0 aliphatic carbocycles. The number of hydrogen-bond acceptors (Lipinski definition) is 3. The third-order valence-corrected chi connectivity index (χ3v) is 3.80. The van der Waals surface area contributed by atoms with Crippen molar-refractivity contribution in [2.45, 2.75) is 46.2 Å². The molecule has 1 unspecified atom stereocenters. The zero-order valence-corrected chi connectivity index (χ0v) is 13.5. The van der Waals surface area contributed by atoms with Gasteiger partial charge in [0.05, 0.1) is 0 Å². The molecule has 6 heteroatoms. The van der Waals surface area contributed by atoms with E-state index in [0.717, 1.165) is 12.2 Å². The van der Waals surface area contributed by atoms with Crippen molar-refractivity contribution in [3.8, 4) is 0 Å². The quantitative estimate of drug-likeness (QED) is 0.787. The van der Waals surface area contributed by atoms with Crippen molar-refractivity contribution >= 4 is 23.8 Å². The van der Waals surface area contributed by atoms with Gasteiger partial charge in [-0.15, -0.1) is 0 Å². The molecule has 2 amide bonds. The first-order valence-electron chi connectivity index (χ1n) is 6.40. The number of carboxylic acid groups (broad SMARTS) is 1. The van der Waals surface area contributed by atoms with Gasteiger partial charge in [-0.25, -0.2) is 9.59 Å². The number of aliphatic carboxylic acids is 1. The number of urea groups is 1. The van der Waals surface area contributed by atoms with Crippen LogP contribution in [0.2, 0.25) is 0 Å². The molecule has 2 N–H and O–H groups in total. The number of amides is 2. The fraction of sp³-hybridized carbons (Fsp3) is 0.846. The lowest BCUT2D eigenvalue weighted by atomic mass is 9.87. The monoisotopic (exact) mass is 290 g/mol. The standard InChI is InChI=1S/C13H26N2O3S/c1-7-9(8-19-6)15(5)12(18)14-10(11(16)17)13(2,3)4/h9-10H,7-8H2,1-6H3,(H,14,18)(H,16,17)/t9?,10-/m1/s1. The topological polar surface area (TPSA) is 69.6 Å². The predicted molar refractivity (Wildman–Crippen MR) is 79.6 cm³/mol. The third-order valence-electron chi connectivity index (χ3n) is 3.08. The summed E-state index contributed by atoms with van der Waals surface area (Å²) in [6.45, 7) is 7.41. The number of nitrogens with zero attached hydrogens (tertiary/aromatic N) is 1. The molecule has 112 valence electrons. The van der Waals surface area contributed by atoms with E-state index < -0.39 is 17.4 Å². The molecule has 5 nitrogen and oxygen atoms in total. The van der Waals surface area contributed by atoms with Crippen LogP contribution in [-0.2, 0) is 4.79 Å². The Balaban J connectivity index is 4.77. The maximum absolute atomic E-state index is 12.1. The lowest BCUT2D eigenvalue weighted by Gasteiger charge is -2.32. The molecule has 2 atom stereocenters. The van der Waals surface area contributed by atoms with Crippen molar-refractivity contribution in [3.05, 3.63) is 0 Å². The van der Waals surface area contributed by atoms with Gasteiger partial charge in [-0.1, -0.05) is 27.7 Å². The van der Waals surface area contributed by atoms with E-state index in [4.69, 9.17) is 0 Å². The lowest BCUT2D eigenvalue weighted by Crippen LogP contribution is -2.54. The lowest BCUT2D eigenvalue weighted by molar-refractivity contribution is -0.142. The Morgan fingerprint density at radius 3 is 2.21 bits per heavy atom. The van der Waals surface area contributed by atoms with Crippen molar-refractivity contribution in [2.75, 3.05) is 19.1 Å². The minimum Gasteiger partial charge on any atom is -0.480 e. The molecule has 0 aromatic carbocycles. The molecule has 0 radical (unpaired) electrons. The van der Waals surface area contributed by atoms with Crippen molar-refractivity contribution < 1.29 is 14.7 Å². The molecule has 0 spiro atoms. The van der Waals surface area contributed by atoms with Gasteiger partial charge in [0.2, 0.25) is 0 Å². The second-order valence-corrected chi connectivity index (χ2v) is 6.63. The van der Waals surface area contributed by atoms with Crippen LogP contribution in [-0.4, -0.2) is 53.1 Å². The summed E-state index contributed by atoms with van der Waals surface area (Å²) in [5.41, 5.74) is -0.524. The molecule has 0 heterocycles. The maximum atomic E-state index is 12.1. The van der Waals surface area contributed by atoms with Crippen LogP contribution in [0.1, 0.15) is 34.1 Å². The van der Waals surface area contributed by atoms with E-state index in [1.807, 2.05) is 13.2 Å². The Labute approximate surface area is 120 Å². The Morgan fingerprint density at radius 1 is 1.37 bits per heavy atom. The third kappa shape index (κ3) is 5.72. The smallest absolute Gasteiger partial charge is 0.326 e. The molecule has 0 aliphatic rings. The fourth-order valence-electron chi connectivity index (χ4n) is 1.74. The van der Waals surface area contributed by atoms with E-state index >= 15 is 0 Å². The fourth-order valence-corrected chi connectivity index (χ4v) is 2.58. The minimum atomic E-state index is -1.01. The molecule has 0 fully saturated rings. The molecule has 0 aliphatic heterocycles. The van der Waals surface area contributed by atoms with Gasteiger partial charge in [-0.3, -0.25) is 0 Å². The summed E-state index contributed by atoms with van der Waals surface area (Å²) in [5.74, 6) is -0.166. The highest BCUT2D eigenvalue weighted by molar-refractivity contribution is 7.98. The molecule has 19 heavy (non-hydrogen) atoms. The highest BCUT2D eigenvalue weighted by atomic mass is 32.2. The SMILES string of the molecule is CCC(CSC)N(C)C(=O)N[C@H](C(=O)O)C(C)(C)C. The first-order chi connectivity index (χ1) is 8.65. The number of hydrogen-bond donors (Lipinski definition) is 2. The highest BCUT2D eigenvalue weighted by Crippen LogP contribution is 2.20. The van der Waals surface area contributed by atoms with Crippen LogP contribution in [0, 0.1) is 5.41 Å². The van der Waals surface area contributed by atoms with Crippen molar-refractivity contribution in [1.29, 1.82) is 0 Å². The first kappa shape index (κ1) is 18.1. The average molecular weight is 290 g/mol. The van der Waals surface area contributed by atoms with Crippen molar-refractivity contribution in [3.63, 3.8) is 0 Å². The zero-order valence-electron chi connectivity index (χ0n) is 12.7. The molecule has 0 saturated carbocycles. The van der Waals surface area contributed by atoms with Gasteiger partial charge in [0, 0.05) is 18.8 Å². The second-order valence-electron chi connectivity index (χ2n) is 5.72. The summed E-state index contributed by atoms with van der Waals surface area (Å²) in [4.78, 5) is 24.9. The van der Waals surface area contributed by atoms with E-state index in [2.05, 4.69) is 5.32 Å². The average Bonchev–Trinajstić information content (AvgIpc) is 2.29. The van der Waals surface area contributed by atoms with Crippen LogP contribution >= 0.6 is 11.8 Å². The Hall–Kier alpha value is -0.910. The van der Waals surface area contributed by atoms with Gasteiger partial charge >= 0.3 is 12.0 Å². The van der Waals surface area contributed by atoms with E-state index in [0.29, 0.717) is 0 Å². The van der Waals surface area contributed by atoms with Gasteiger partial charge in [-0.2, -0.15) is 11.8 Å². The van der Waals surface area contributed by atoms with E-state index in [-0.39, 0.29) is 12.1 Å². The summed E-state index contributed by atoms with van der Waals surface area (Å²) in [6, 6.07) is -1.11. The van der Waals surface area contributed by atoms with Gasteiger partial charge in [0.25, 0.3) is 0 Å². The first-order valence-corrected chi connectivity index (χ1v) is 7.79. The number of nitrogens with one attached hydrogen (secondary N) is 1. The number of carbonyl (C=O) groups excluding carboxylic acids is 1. The number of carbonyl (C=O) groups is 2. The van der Waals surface area contributed by atoms with Crippen LogP contribution in [0.4, 0.5) is 4.79 Å². The molecule has 0 aromatic rings. The molecular weight excluding hydrogens is 264 g/mol. The van der Waals surface area contributed by atoms with Gasteiger partial charge < -0.3 is 15.3 Å². The zero-order chi connectivity index (χ0) is 15.2. The van der Waals surface area contributed by atoms with Crippen LogP contribution in [0.3, 0.4) is 0 Å². The summed E-state index contributed by atoms with van der Waals surface area (Å²) >= 11 is 1.67. The van der Waals surface area contributed by atoms with Crippen molar-refractivity contribution in [1.82, 2.24) is 10.2 Å². The largest absolute Gasteiger partial charge is 0.480 e. The predicted octanol–water partition coefficient (Wildman–Crippen LogP) is 2.27. The highest BCUT2D eigenvalue weighted by Gasteiger charge is 2.34. The van der Waals surface area contributed by atoms with E-state index in [1.165, 1.54) is 0 Å². The van der Waals surface area contributed by atoms with Gasteiger partial charge in [0.15, 0.2) is 0 Å².